The van der Waals surface area contributed by atoms with E-state index in [0.29, 0.717) is 13.2 Å². The summed E-state index contributed by atoms with van der Waals surface area (Å²) in [5.74, 6) is 0. The largest absolute Gasteiger partial charge is 0.236 e. The molecule has 0 rings (SSSR count). The van der Waals surface area contributed by atoms with E-state index >= 15 is 0 Å². The molecule has 0 aromatic heterocycles. The van der Waals surface area contributed by atoms with Crippen LogP contribution < -0.4 is 0 Å². The normalized spacial score (nSPS) is 15.6. The Kier molecular flexibility index (Phi) is 21.3. The van der Waals surface area contributed by atoms with Crippen molar-refractivity contribution < 1.29 is 19.6 Å². The molecular formula is C28H58O4. The summed E-state index contributed by atoms with van der Waals surface area (Å²) < 4.78 is 0. The van der Waals surface area contributed by atoms with E-state index in [1.54, 1.807) is 0 Å². The summed E-state index contributed by atoms with van der Waals surface area (Å²) in [6, 6.07) is 0. The van der Waals surface area contributed by atoms with Gasteiger partial charge in [-0.25, -0.2) is 19.6 Å². The Bertz CT molecular complexity index is 354. The zero-order valence-electron chi connectivity index (χ0n) is 22.8. The highest BCUT2D eigenvalue weighted by Gasteiger charge is 2.33. The van der Waals surface area contributed by atoms with Gasteiger partial charge in [-0.1, -0.05) is 105 Å². The smallest absolute Gasteiger partial charge is 0.101 e. The van der Waals surface area contributed by atoms with Crippen molar-refractivity contribution in [1.82, 2.24) is 0 Å². The summed E-state index contributed by atoms with van der Waals surface area (Å²) in [6.45, 7) is 14.7. The molecule has 0 fully saturated rings. The molecule has 2 unspecified atom stereocenters. The van der Waals surface area contributed by atoms with Crippen LogP contribution in [0.4, 0.5) is 0 Å². The van der Waals surface area contributed by atoms with Gasteiger partial charge in [-0.3, -0.25) is 0 Å². The molecule has 0 aromatic rings. The summed E-state index contributed by atoms with van der Waals surface area (Å²) in [7, 11) is 0. The van der Waals surface area contributed by atoms with Crippen molar-refractivity contribution in [2.24, 2.45) is 0 Å². The highest BCUT2D eigenvalue weighted by molar-refractivity contribution is 4.82. The van der Waals surface area contributed by atoms with Crippen molar-refractivity contribution in [2.75, 3.05) is 13.2 Å². The molecule has 0 bridgehead atoms. The van der Waals surface area contributed by atoms with E-state index in [0.717, 1.165) is 51.4 Å². The molecule has 0 spiro atoms. The van der Waals surface area contributed by atoms with Crippen molar-refractivity contribution in [3.63, 3.8) is 0 Å². The Morgan fingerprint density at radius 3 is 1.09 bits per heavy atom. The first-order valence-corrected chi connectivity index (χ1v) is 14.1. The fourth-order valence-corrected chi connectivity index (χ4v) is 3.92. The van der Waals surface area contributed by atoms with Crippen LogP contribution in [0, 0.1) is 0 Å². The summed E-state index contributed by atoms with van der Waals surface area (Å²) in [5.41, 5.74) is -0.535. The quantitative estimate of drug-likeness (QED) is 0.0775. The molecule has 0 amide bonds. The Morgan fingerprint density at radius 1 is 0.406 bits per heavy atom. The minimum atomic E-state index is -0.268. The molecule has 0 saturated carbocycles. The fraction of sp³-hybridized carbons (Fsp3) is 1.00. The Hall–Kier alpha value is -0.160. The van der Waals surface area contributed by atoms with E-state index in [-0.39, 0.29) is 11.2 Å². The zero-order valence-corrected chi connectivity index (χ0v) is 22.8. The molecule has 4 nitrogen and oxygen atoms in total. The molecule has 32 heavy (non-hydrogen) atoms. The lowest BCUT2D eigenvalue weighted by Crippen LogP contribution is -2.36. The van der Waals surface area contributed by atoms with Crippen LogP contribution in [0.15, 0.2) is 0 Å². The van der Waals surface area contributed by atoms with E-state index in [9.17, 15) is 0 Å². The second kappa shape index (κ2) is 21.4. The summed E-state index contributed by atoms with van der Waals surface area (Å²) >= 11 is 0. The van der Waals surface area contributed by atoms with Gasteiger partial charge in [0.1, 0.15) is 11.2 Å². The van der Waals surface area contributed by atoms with Crippen molar-refractivity contribution >= 4 is 0 Å². The summed E-state index contributed by atoms with van der Waals surface area (Å²) in [6.07, 6.45) is 21.0. The molecule has 2 atom stereocenters. The minimum absolute atomic E-state index is 0.268. The maximum atomic E-state index is 6.04. The lowest BCUT2D eigenvalue weighted by atomic mass is 9.85. The van der Waals surface area contributed by atoms with Crippen LogP contribution in [-0.2, 0) is 19.6 Å². The standard InChI is InChI=1S/C28H58O4/c1-7-11-15-17-19-21-27(5,31-29-25-13-9-3)23-24-28(6,32-30-26-14-10-4)22-20-18-16-12-8-2/h7-26H2,1-6H3. The van der Waals surface area contributed by atoms with Crippen molar-refractivity contribution in [1.29, 1.82) is 0 Å². The zero-order chi connectivity index (χ0) is 24.0. The lowest BCUT2D eigenvalue weighted by molar-refractivity contribution is -0.376. The first kappa shape index (κ1) is 31.8. The predicted molar refractivity (Wildman–Crippen MR) is 137 cm³/mol. The molecule has 0 radical (unpaired) electrons. The molecule has 0 aromatic carbocycles. The third kappa shape index (κ3) is 18.3. The number of unbranched alkanes of at least 4 members (excludes halogenated alkanes) is 10. The third-order valence-electron chi connectivity index (χ3n) is 6.48. The fourth-order valence-electron chi connectivity index (χ4n) is 3.92. The van der Waals surface area contributed by atoms with Crippen molar-refractivity contribution in [3.8, 4) is 0 Å². The van der Waals surface area contributed by atoms with Crippen LogP contribution in [0.3, 0.4) is 0 Å². The third-order valence-corrected chi connectivity index (χ3v) is 6.48. The molecule has 0 N–H and O–H groups in total. The second-order valence-corrected chi connectivity index (χ2v) is 10.2. The molecule has 0 saturated heterocycles. The lowest BCUT2D eigenvalue weighted by Gasteiger charge is -2.34. The van der Waals surface area contributed by atoms with E-state index in [2.05, 4.69) is 41.5 Å². The van der Waals surface area contributed by atoms with Gasteiger partial charge in [0.2, 0.25) is 0 Å². The number of hydrogen-bond acceptors (Lipinski definition) is 4. The molecule has 0 aliphatic carbocycles. The van der Waals surface area contributed by atoms with Crippen LogP contribution in [0.1, 0.15) is 157 Å². The van der Waals surface area contributed by atoms with Crippen LogP contribution in [-0.4, -0.2) is 24.4 Å². The Labute approximate surface area is 201 Å². The van der Waals surface area contributed by atoms with Gasteiger partial charge in [-0.05, 0) is 52.4 Å². The SMILES string of the molecule is CCCCCCCC(C)(CCC(C)(CCCCCCC)OOCCCC)OOCCCC. The van der Waals surface area contributed by atoms with E-state index in [1.165, 1.54) is 64.2 Å². The summed E-state index contributed by atoms with van der Waals surface area (Å²) in [4.78, 5) is 23.4. The van der Waals surface area contributed by atoms with Gasteiger partial charge in [0.15, 0.2) is 0 Å². The minimum Gasteiger partial charge on any atom is -0.236 e. The molecular weight excluding hydrogens is 400 g/mol. The van der Waals surface area contributed by atoms with E-state index in [1.807, 2.05) is 0 Å². The topological polar surface area (TPSA) is 36.9 Å². The Morgan fingerprint density at radius 2 is 0.750 bits per heavy atom. The van der Waals surface area contributed by atoms with Crippen molar-refractivity contribution in [2.45, 2.75) is 168 Å². The molecule has 0 heterocycles. The van der Waals surface area contributed by atoms with Gasteiger partial charge in [0, 0.05) is 0 Å². The van der Waals surface area contributed by atoms with Crippen LogP contribution in [0.2, 0.25) is 0 Å². The number of hydrogen-bond donors (Lipinski definition) is 0. The van der Waals surface area contributed by atoms with Gasteiger partial charge in [0.05, 0.1) is 13.2 Å². The van der Waals surface area contributed by atoms with Crippen LogP contribution in [0.25, 0.3) is 0 Å². The van der Waals surface area contributed by atoms with Crippen LogP contribution >= 0.6 is 0 Å². The van der Waals surface area contributed by atoms with E-state index in [4.69, 9.17) is 19.6 Å². The second-order valence-electron chi connectivity index (χ2n) is 10.2. The monoisotopic (exact) mass is 458 g/mol. The number of rotatable bonds is 25. The molecule has 4 heteroatoms. The van der Waals surface area contributed by atoms with E-state index < -0.39 is 0 Å². The highest BCUT2D eigenvalue weighted by Crippen LogP contribution is 2.33. The maximum absolute atomic E-state index is 6.04. The average Bonchev–Trinajstić information content (AvgIpc) is 2.78. The first-order chi connectivity index (χ1) is 15.4. The highest BCUT2D eigenvalue weighted by atomic mass is 17.2. The molecule has 0 aliphatic rings. The maximum Gasteiger partial charge on any atom is 0.101 e. The van der Waals surface area contributed by atoms with Gasteiger partial charge in [-0.2, -0.15) is 0 Å². The predicted octanol–water partition coefficient (Wildman–Crippen LogP) is 9.50. The van der Waals surface area contributed by atoms with Gasteiger partial charge in [0.25, 0.3) is 0 Å². The average molecular weight is 459 g/mol. The van der Waals surface area contributed by atoms with Crippen LogP contribution in [0.5, 0.6) is 0 Å². The van der Waals surface area contributed by atoms with Gasteiger partial charge in [-0.15, -0.1) is 0 Å². The summed E-state index contributed by atoms with van der Waals surface area (Å²) in [5, 5.41) is 0. The molecule has 0 aliphatic heterocycles. The first-order valence-electron chi connectivity index (χ1n) is 14.1. The van der Waals surface area contributed by atoms with Gasteiger partial charge >= 0.3 is 0 Å². The molecule has 194 valence electrons. The van der Waals surface area contributed by atoms with Crippen molar-refractivity contribution in [3.05, 3.63) is 0 Å². The Balaban J connectivity index is 4.83. The van der Waals surface area contributed by atoms with Gasteiger partial charge < -0.3 is 0 Å².